The molecule has 1 aromatic carbocycles. The molecule has 20 heavy (non-hydrogen) atoms. The van der Waals surface area contributed by atoms with Crippen molar-refractivity contribution in [3.05, 3.63) is 40.7 Å². The maximum absolute atomic E-state index is 11.1. The molecule has 0 bridgehead atoms. The number of rotatable bonds is 5. The predicted molar refractivity (Wildman–Crippen MR) is 74.5 cm³/mol. The lowest BCUT2D eigenvalue weighted by atomic mass is 10.3. The summed E-state index contributed by atoms with van der Waals surface area (Å²) in [4.78, 5) is 18.3. The zero-order valence-electron chi connectivity index (χ0n) is 11.0. The lowest BCUT2D eigenvalue weighted by molar-refractivity contribution is -0.383. The van der Waals surface area contributed by atoms with E-state index in [1.165, 1.54) is 6.33 Å². The molecule has 0 aliphatic heterocycles. The molecule has 2 N–H and O–H groups in total. The van der Waals surface area contributed by atoms with Crippen LogP contribution in [0.2, 0.25) is 0 Å². The molecule has 0 atom stereocenters. The molecule has 0 aliphatic carbocycles. The first-order valence-corrected chi connectivity index (χ1v) is 5.74. The van der Waals surface area contributed by atoms with Crippen molar-refractivity contribution in [3.8, 4) is 5.75 Å². The molecule has 1 heterocycles. The normalized spacial score (nSPS) is 9.90. The van der Waals surface area contributed by atoms with Gasteiger partial charge in [0.2, 0.25) is 11.6 Å². The van der Waals surface area contributed by atoms with Crippen molar-refractivity contribution in [2.24, 2.45) is 0 Å². The molecule has 2 aromatic rings. The van der Waals surface area contributed by atoms with E-state index in [4.69, 9.17) is 4.74 Å². The van der Waals surface area contributed by atoms with Crippen molar-refractivity contribution >= 4 is 23.0 Å². The summed E-state index contributed by atoms with van der Waals surface area (Å²) >= 11 is 0. The van der Waals surface area contributed by atoms with Crippen LogP contribution in [-0.2, 0) is 0 Å². The van der Waals surface area contributed by atoms with Crippen molar-refractivity contribution in [1.82, 2.24) is 9.97 Å². The quantitative estimate of drug-likeness (QED) is 0.636. The first-order chi connectivity index (χ1) is 9.65. The van der Waals surface area contributed by atoms with E-state index in [1.807, 2.05) is 0 Å². The monoisotopic (exact) mass is 275 g/mol. The lowest BCUT2D eigenvalue weighted by Crippen LogP contribution is -2.05. The summed E-state index contributed by atoms with van der Waals surface area (Å²) in [7, 11) is 3.11. The Morgan fingerprint density at radius 3 is 2.70 bits per heavy atom. The maximum atomic E-state index is 11.1. The third-order valence-electron chi connectivity index (χ3n) is 2.57. The number of nitrogens with zero attached hydrogens (tertiary/aromatic N) is 3. The number of methoxy groups -OCH3 is 1. The van der Waals surface area contributed by atoms with Crippen molar-refractivity contribution in [3.63, 3.8) is 0 Å². The van der Waals surface area contributed by atoms with Gasteiger partial charge in [0.1, 0.15) is 12.1 Å². The van der Waals surface area contributed by atoms with Crippen molar-refractivity contribution in [1.29, 1.82) is 0 Å². The van der Waals surface area contributed by atoms with Crippen LogP contribution >= 0.6 is 0 Å². The van der Waals surface area contributed by atoms with Gasteiger partial charge in [-0.2, -0.15) is 0 Å². The minimum Gasteiger partial charge on any atom is -0.497 e. The number of aromatic nitrogens is 2. The van der Waals surface area contributed by atoms with Crippen LogP contribution in [0.15, 0.2) is 30.6 Å². The van der Waals surface area contributed by atoms with Crippen molar-refractivity contribution < 1.29 is 9.66 Å². The summed E-state index contributed by atoms with van der Waals surface area (Å²) in [5.41, 5.74) is 0.422. The number of hydrogen-bond donors (Lipinski definition) is 2. The summed E-state index contributed by atoms with van der Waals surface area (Å²) in [6.07, 6.45) is 1.25. The van der Waals surface area contributed by atoms with Crippen LogP contribution in [0.1, 0.15) is 0 Å². The molecule has 104 valence electrons. The van der Waals surface area contributed by atoms with Gasteiger partial charge in [-0.25, -0.2) is 9.97 Å². The average molecular weight is 275 g/mol. The number of anilines is 3. The standard InChI is InChI=1S/C12H13N5O3/c1-13-11-10(17(18)19)12(15-7-14-11)16-8-4-3-5-9(6-8)20-2/h3-7H,1-2H3,(H2,13,14,15,16). The van der Waals surface area contributed by atoms with Crippen LogP contribution in [-0.4, -0.2) is 29.0 Å². The maximum Gasteiger partial charge on any atom is 0.353 e. The molecular formula is C12H13N5O3. The Morgan fingerprint density at radius 1 is 1.30 bits per heavy atom. The fourth-order valence-electron chi connectivity index (χ4n) is 1.66. The zero-order chi connectivity index (χ0) is 14.5. The van der Waals surface area contributed by atoms with Crippen LogP contribution in [0, 0.1) is 10.1 Å². The SMILES string of the molecule is CNc1ncnc(Nc2cccc(OC)c2)c1[N+](=O)[O-]. The van der Waals surface area contributed by atoms with E-state index in [1.54, 1.807) is 38.4 Å². The van der Waals surface area contributed by atoms with Crippen LogP contribution in [0.25, 0.3) is 0 Å². The summed E-state index contributed by atoms with van der Waals surface area (Å²) < 4.78 is 5.10. The molecule has 0 spiro atoms. The Labute approximate surface area is 115 Å². The molecule has 0 aliphatic rings. The van der Waals surface area contributed by atoms with Gasteiger partial charge < -0.3 is 15.4 Å². The van der Waals surface area contributed by atoms with Crippen molar-refractivity contribution in [2.75, 3.05) is 24.8 Å². The van der Waals surface area contributed by atoms with Crippen LogP contribution < -0.4 is 15.4 Å². The molecule has 0 unspecified atom stereocenters. The summed E-state index contributed by atoms with van der Waals surface area (Å²) in [6, 6.07) is 7.02. The average Bonchev–Trinajstić information content (AvgIpc) is 2.46. The first kappa shape index (κ1) is 13.5. The van der Waals surface area contributed by atoms with E-state index in [-0.39, 0.29) is 17.3 Å². The number of hydrogen-bond acceptors (Lipinski definition) is 7. The highest BCUT2D eigenvalue weighted by Gasteiger charge is 2.22. The highest BCUT2D eigenvalue weighted by molar-refractivity contribution is 5.73. The second-order valence-corrected chi connectivity index (χ2v) is 3.78. The Balaban J connectivity index is 2.40. The molecule has 2 rings (SSSR count). The van der Waals surface area contributed by atoms with E-state index in [0.717, 1.165) is 0 Å². The highest BCUT2D eigenvalue weighted by atomic mass is 16.6. The van der Waals surface area contributed by atoms with Gasteiger partial charge >= 0.3 is 5.69 Å². The Kier molecular flexibility index (Phi) is 3.94. The van der Waals surface area contributed by atoms with Gasteiger partial charge in [0.05, 0.1) is 12.0 Å². The minimum atomic E-state index is -0.533. The second-order valence-electron chi connectivity index (χ2n) is 3.78. The third-order valence-corrected chi connectivity index (χ3v) is 2.57. The predicted octanol–water partition coefficient (Wildman–Crippen LogP) is 2.18. The second kappa shape index (κ2) is 5.83. The Bertz CT molecular complexity index is 632. The smallest absolute Gasteiger partial charge is 0.353 e. The lowest BCUT2D eigenvalue weighted by Gasteiger charge is -2.09. The highest BCUT2D eigenvalue weighted by Crippen LogP contribution is 2.31. The summed E-state index contributed by atoms with van der Waals surface area (Å²) in [6.45, 7) is 0. The first-order valence-electron chi connectivity index (χ1n) is 5.74. The van der Waals surface area contributed by atoms with Gasteiger partial charge in [-0.3, -0.25) is 10.1 Å². The van der Waals surface area contributed by atoms with Crippen LogP contribution in [0.3, 0.4) is 0 Å². The number of ether oxygens (including phenoxy) is 1. The third kappa shape index (κ3) is 2.74. The van der Waals surface area contributed by atoms with E-state index >= 15 is 0 Å². The van der Waals surface area contributed by atoms with Gasteiger partial charge in [-0.15, -0.1) is 0 Å². The van der Waals surface area contributed by atoms with Crippen LogP contribution in [0.4, 0.5) is 23.0 Å². The fraction of sp³-hybridized carbons (Fsp3) is 0.167. The molecular weight excluding hydrogens is 262 g/mol. The van der Waals surface area contributed by atoms with Crippen LogP contribution in [0.5, 0.6) is 5.75 Å². The Morgan fingerprint density at radius 2 is 2.05 bits per heavy atom. The van der Waals surface area contributed by atoms with Crippen molar-refractivity contribution in [2.45, 2.75) is 0 Å². The largest absolute Gasteiger partial charge is 0.497 e. The van der Waals surface area contributed by atoms with Gasteiger partial charge in [-0.05, 0) is 12.1 Å². The summed E-state index contributed by atoms with van der Waals surface area (Å²) in [5, 5.41) is 16.7. The molecule has 8 heteroatoms. The molecule has 0 saturated carbocycles. The topological polar surface area (TPSA) is 102 Å². The van der Waals surface area contributed by atoms with E-state index in [2.05, 4.69) is 20.6 Å². The van der Waals surface area contributed by atoms with Gasteiger partial charge in [0, 0.05) is 18.8 Å². The minimum absolute atomic E-state index is 0.114. The molecule has 1 aromatic heterocycles. The molecule has 0 saturated heterocycles. The van der Waals surface area contributed by atoms with Gasteiger partial charge in [-0.1, -0.05) is 6.07 Å². The Hall–Kier alpha value is -2.90. The zero-order valence-corrected chi connectivity index (χ0v) is 11.0. The number of benzene rings is 1. The molecule has 8 nitrogen and oxygen atoms in total. The van der Waals surface area contributed by atoms with Gasteiger partial charge in [0.25, 0.3) is 0 Å². The molecule has 0 radical (unpaired) electrons. The van der Waals surface area contributed by atoms with E-state index < -0.39 is 4.92 Å². The van der Waals surface area contributed by atoms with E-state index in [9.17, 15) is 10.1 Å². The molecule has 0 fully saturated rings. The fourth-order valence-corrected chi connectivity index (χ4v) is 1.66. The molecule has 0 amide bonds. The number of nitro groups is 1. The van der Waals surface area contributed by atoms with Gasteiger partial charge in [0.15, 0.2) is 0 Å². The summed E-state index contributed by atoms with van der Waals surface area (Å²) in [5.74, 6) is 0.901. The van der Waals surface area contributed by atoms with E-state index in [0.29, 0.717) is 11.4 Å². The number of nitrogens with one attached hydrogen (secondary N) is 2.